The first-order chi connectivity index (χ1) is 14.1. The Balaban J connectivity index is 1.71. The molecule has 0 saturated heterocycles. The molecule has 7 heteroatoms. The Morgan fingerprint density at radius 2 is 2.03 bits per heavy atom. The largest absolute Gasteiger partial charge is 0.494 e. The van der Waals surface area contributed by atoms with Crippen molar-refractivity contribution >= 4 is 43.6 Å². The van der Waals surface area contributed by atoms with E-state index in [0.717, 1.165) is 28.6 Å². The van der Waals surface area contributed by atoms with Crippen LogP contribution in [0.15, 0.2) is 52.9 Å². The average molecular weight is 411 g/mol. The Morgan fingerprint density at radius 3 is 2.79 bits per heavy atom. The first kappa shape index (κ1) is 19.4. The zero-order chi connectivity index (χ0) is 20.4. The van der Waals surface area contributed by atoms with Crippen molar-refractivity contribution in [3.8, 4) is 5.75 Å². The van der Waals surface area contributed by atoms with Gasteiger partial charge in [-0.15, -0.1) is 0 Å². The number of ether oxygens (including phenoxy) is 1. The number of nitrogens with zero attached hydrogens (tertiary/aromatic N) is 2. The molecule has 1 amide bonds. The molecule has 0 bridgehead atoms. The highest BCUT2D eigenvalue weighted by Gasteiger charge is 2.25. The third-order valence-electron chi connectivity index (χ3n) is 4.76. The number of benzene rings is 2. The Labute approximate surface area is 173 Å². The maximum atomic E-state index is 13.4. The van der Waals surface area contributed by atoms with E-state index in [-0.39, 0.29) is 5.91 Å². The van der Waals surface area contributed by atoms with Crippen LogP contribution in [0.2, 0.25) is 0 Å². The summed E-state index contributed by atoms with van der Waals surface area (Å²) in [4.78, 5) is 21.2. The van der Waals surface area contributed by atoms with Crippen LogP contribution in [0.25, 0.3) is 21.2 Å². The highest BCUT2D eigenvalue weighted by molar-refractivity contribution is 7.22. The van der Waals surface area contributed by atoms with Gasteiger partial charge in [0.05, 0.1) is 32.4 Å². The van der Waals surface area contributed by atoms with Crippen molar-refractivity contribution < 1.29 is 18.8 Å². The summed E-state index contributed by atoms with van der Waals surface area (Å²) in [7, 11) is 5.84. The van der Waals surface area contributed by atoms with Crippen molar-refractivity contribution in [2.75, 3.05) is 39.2 Å². The Kier molecular flexibility index (Phi) is 5.51. The number of aromatic nitrogens is 1. The second-order valence-corrected chi connectivity index (χ2v) is 8.23. The number of thiazole rings is 1. The average Bonchev–Trinajstić information content (AvgIpc) is 3.34. The molecule has 4 rings (SSSR count). The molecule has 1 N–H and O–H groups in total. The number of fused-ring (bicyclic) bond motifs is 2. The van der Waals surface area contributed by atoms with Crippen LogP contribution in [0.1, 0.15) is 17.0 Å². The van der Waals surface area contributed by atoms with E-state index in [1.165, 1.54) is 16.2 Å². The fourth-order valence-electron chi connectivity index (χ4n) is 3.29. The van der Waals surface area contributed by atoms with Crippen molar-refractivity contribution in [3.05, 3.63) is 54.3 Å². The summed E-state index contributed by atoms with van der Waals surface area (Å²) < 4.78 is 12.3. The molecule has 0 unspecified atom stereocenters. The quantitative estimate of drug-likeness (QED) is 0.508. The smallest absolute Gasteiger partial charge is 0.295 e. The second kappa shape index (κ2) is 8.23. The number of furan rings is 1. The Bertz CT molecular complexity index is 1120. The summed E-state index contributed by atoms with van der Waals surface area (Å²) >= 11 is 1.49. The van der Waals surface area contributed by atoms with Gasteiger partial charge in [0.2, 0.25) is 0 Å². The normalized spacial score (nSPS) is 11.4. The van der Waals surface area contributed by atoms with E-state index in [2.05, 4.69) is 14.1 Å². The molecule has 0 aliphatic carbocycles. The van der Waals surface area contributed by atoms with Crippen LogP contribution in [-0.4, -0.2) is 45.2 Å². The maximum Gasteiger partial charge on any atom is 0.295 e. The molecule has 0 radical (unpaired) electrons. The fourth-order valence-corrected chi connectivity index (χ4v) is 4.29. The number of anilines is 1. The summed E-state index contributed by atoms with van der Waals surface area (Å²) in [5.41, 5.74) is 1.48. The van der Waals surface area contributed by atoms with E-state index >= 15 is 0 Å². The molecular weight excluding hydrogens is 386 g/mol. The molecule has 2 heterocycles. The van der Waals surface area contributed by atoms with Crippen LogP contribution < -0.4 is 14.5 Å². The van der Waals surface area contributed by atoms with Gasteiger partial charge in [-0.1, -0.05) is 35.6 Å². The third kappa shape index (κ3) is 3.97. The van der Waals surface area contributed by atoms with Gasteiger partial charge < -0.3 is 14.1 Å². The van der Waals surface area contributed by atoms with Crippen LogP contribution in [0.5, 0.6) is 5.75 Å². The third-order valence-corrected chi connectivity index (χ3v) is 5.81. The number of hydrogen-bond donors (Lipinski definition) is 1. The molecule has 6 nitrogen and oxygen atoms in total. The van der Waals surface area contributed by atoms with E-state index in [0.29, 0.717) is 28.8 Å². The number of carbonyl (C=O) groups excluding carboxylic acids is 1. The Morgan fingerprint density at radius 1 is 1.21 bits per heavy atom. The van der Waals surface area contributed by atoms with Crippen LogP contribution >= 0.6 is 11.3 Å². The van der Waals surface area contributed by atoms with Crippen LogP contribution in [0, 0.1) is 0 Å². The molecule has 29 heavy (non-hydrogen) atoms. The van der Waals surface area contributed by atoms with E-state index in [1.807, 2.05) is 42.5 Å². The molecule has 2 aromatic carbocycles. The number of methoxy groups -OCH3 is 1. The maximum absolute atomic E-state index is 13.4. The van der Waals surface area contributed by atoms with Crippen molar-refractivity contribution in [1.82, 2.24) is 4.98 Å². The summed E-state index contributed by atoms with van der Waals surface area (Å²) in [5, 5.41) is 1.57. The fraction of sp³-hybridized carbons (Fsp3) is 0.273. The molecule has 0 fully saturated rings. The monoisotopic (exact) mass is 410 g/mol. The first-order valence-corrected chi connectivity index (χ1v) is 10.4. The number of quaternary nitrogens is 1. The number of hydrogen-bond acceptors (Lipinski definition) is 5. The van der Waals surface area contributed by atoms with Gasteiger partial charge in [0, 0.05) is 18.4 Å². The molecule has 0 aliphatic heterocycles. The van der Waals surface area contributed by atoms with Crippen molar-refractivity contribution in [1.29, 1.82) is 0 Å². The van der Waals surface area contributed by atoms with Gasteiger partial charge in [-0.25, -0.2) is 4.98 Å². The lowest BCUT2D eigenvalue weighted by molar-refractivity contribution is -0.858. The number of amides is 1. The summed E-state index contributed by atoms with van der Waals surface area (Å²) in [5.74, 6) is 0.862. The SMILES string of the molecule is COc1cccc2sc(N(CCC[NH+](C)C)C(=O)c3cc4ccccc4o3)nc12. The van der Waals surface area contributed by atoms with Crippen molar-refractivity contribution in [2.45, 2.75) is 6.42 Å². The molecule has 0 aliphatic rings. The molecule has 0 atom stereocenters. The number of nitrogens with one attached hydrogen (secondary N) is 1. The van der Waals surface area contributed by atoms with Gasteiger partial charge in [0.25, 0.3) is 5.91 Å². The molecule has 150 valence electrons. The predicted octanol–water partition coefficient (Wildman–Crippen LogP) is 3.23. The minimum absolute atomic E-state index is 0.173. The summed E-state index contributed by atoms with van der Waals surface area (Å²) in [6, 6.07) is 15.3. The number of para-hydroxylation sites is 2. The highest BCUT2D eigenvalue weighted by atomic mass is 32.1. The van der Waals surface area contributed by atoms with Gasteiger partial charge in [-0.2, -0.15) is 0 Å². The van der Waals surface area contributed by atoms with Gasteiger partial charge in [-0.05, 0) is 24.3 Å². The van der Waals surface area contributed by atoms with Crippen molar-refractivity contribution in [3.63, 3.8) is 0 Å². The van der Waals surface area contributed by atoms with Gasteiger partial charge in [0.15, 0.2) is 10.9 Å². The van der Waals surface area contributed by atoms with Crippen LogP contribution in [0.4, 0.5) is 5.13 Å². The summed E-state index contributed by atoms with van der Waals surface area (Å²) in [6.07, 6.45) is 0.862. The highest BCUT2D eigenvalue weighted by Crippen LogP contribution is 2.35. The van der Waals surface area contributed by atoms with Gasteiger partial charge in [-0.3, -0.25) is 9.69 Å². The van der Waals surface area contributed by atoms with Crippen molar-refractivity contribution in [2.24, 2.45) is 0 Å². The van der Waals surface area contributed by atoms with Crippen LogP contribution in [0.3, 0.4) is 0 Å². The zero-order valence-electron chi connectivity index (χ0n) is 16.8. The zero-order valence-corrected chi connectivity index (χ0v) is 17.6. The standard InChI is InChI=1S/C22H23N3O3S/c1-24(2)12-7-13-25(21(26)18-14-15-8-4-5-9-16(15)28-18)22-23-20-17(27-3)10-6-11-19(20)29-22/h4-6,8-11,14H,7,12-13H2,1-3H3/p+1. The predicted molar refractivity (Wildman–Crippen MR) is 116 cm³/mol. The lowest BCUT2D eigenvalue weighted by atomic mass is 10.2. The first-order valence-electron chi connectivity index (χ1n) is 9.60. The van der Waals surface area contributed by atoms with Gasteiger partial charge >= 0.3 is 0 Å². The van der Waals surface area contributed by atoms with E-state index in [1.54, 1.807) is 18.1 Å². The molecule has 0 saturated carbocycles. The number of carbonyl (C=O) groups is 1. The summed E-state index contributed by atoms with van der Waals surface area (Å²) in [6.45, 7) is 1.53. The van der Waals surface area contributed by atoms with Gasteiger partial charge in [0.1, 0.15) is 16.8 Å². The molecule has 0 spiro atoms. The van der Waals surface area contributed by atoms with E-state index < -0.39 is 0 Å². The van der Waals surface area contributed by atoms with Crippen LogP contribution in [-0.2, 0) is 0 Å². The van der Waals surface area contributed by atoms with E-state index in [4.69, 9.17) is 14.1 Å². The minimum atomic E-state index is -0.173. The Hall–Kier alpha value is -2.90. The lowest BCUT2D eigenvalue weighted by Crippen LogP contribution is -3.05. The molecule has 4 aromatic rings. The second-order valence-electron chi connectivity index (χ2n) is 7.22. The van der Waals surface area contributed by atoms with E-state index in [9.17, 15) is 4.79 Å². The minimum Gasteiger partial charge on any atom is -0.494 e. The molecule has 2 aromatic heterocycles. The topological polar surface area (TPSA) is 60.0 Å². The lowest BCUT2D eigenvalue weighted by Gasteiger charge is -2.19. The number of rotatable bonds is 7. The molecular formula is C22H24N3O3S+.